The van der Waals surface area contributed by atoms with Crippen molar-refractivity contribution in [2.24, 2.45) is 33.7 Å². The minimum Gasteiger partial charge on any atom is -0.211 e. The average molecular weight is 234 g/mol. The maximum atomic E-state index is 10.4. The fraction of sp³-hybridized carbons (Fsp3) is 0.846. The molecule has 3 rings (SSSR count). The lowest BCUT2D eigenvalue weighted by Gasteiger charge is -2.48. The van der Waals surface area contributed by atoms with Gasteiger partial charge in [0, 0.05) is 0 Å². The highest BCUT2D eigenvalue weighted by atomic mass is 16.1. The van der Waals surface area contributed by atoms with Crippen LogP contribution in [0.1, 0.15) is 32.6 Å². The molecule has 0 N–H and O–H groups in total. The molecule has 3 aliphatic carbocycles. The molecule has 0 aromatic rings. The molecule has 0 aromatic carbocycles. The second-order valence-corrected chi connectivity index (χ2v) is 5.40. The molecule has 0 saturated heterocycles. The van der Waals surface area contributed by atoms with Crippen LogP contribution in [0.3, 0.4) is 0 Å². The van der Waals surface area contributed by atoms with E-state index in [9.17, 15) is 9.59 Å². The summed E-state index contributed by atoms with van der Waals surface area (Å²) in [5.74, 6) is 2.24. The first kappa shape index (κ1) is 12.2. The van der Waals surface area contributed by atoms with Crippen LogP contribution in [0.25, 0.3) is 0 Å². The van der Waals surface area contributed by atoms with Gasteiger partial charge in [-0.25, -0.2) is 19.6 Å². The van der Waals surface area contributed by atoms with Gasteiger partial charge >= 0.3 is 0 Å². The first-order valence-corrected chi connectivity index (χ1v) is 6.36. The lowest BCUT2D eigenvalue weighted by atomic mass is 9.58. The fourth-order valence-electron chi connectivity index (χ4n) is 3.82. The predicted molar refractivity (Wildman–Crippen MR) is 63.0 cm³/mol. The number of aliphatic imine (C=N–C) groups is 2. The monoisotopic (exact) mass is 234 g/mol. The Hall–Kier alpha value is -1.24. The molecule has 3 fully saturated rings. The van der Waals surface area contributed by atoms with Gasteiger partial charge in [0.2, 0.25) is 12.2 Å². The van der Waals surface area contributed by atoms with E-state index in [1.807, 2.05) is 6.92 Å². The van der Waals surface area contributed by atoms with Crippen molar-refractivity contribution in [2.75, 3.05) is 6.54 Å². The Morgan fingerprint density at radius 1 is 1.24 bits per heavy atom. The number of nitrogens with zero attached hydrogens (tertiary/aromatic N) is 2. The third-order valence-electron chi connectivity index (χ3n) is 4.57. The largest absolute Gasteiger partial charge is 0.235 e. The van der Waals surface area contributed by atoms with E-state index in [-0.39, 0.29) is 6.04 Å². The number of hydrogen-bond acceptors (Lipinski definition) is 4. The van der Waals surface area contributed by atoms with Gasteiger partial charge < -0.3 is 0 Å². The van der Waals surface area contributed by atoms with Crippen LogP contribution in [0.2, 0.25) is 0 Å². The standard InChI is InChI=1S/C13H18N2O2/c1-9(15-8-17)13-5-10-2-3-12(13)11(4-10)6-14-7-16/h9-13H,2-6H2,1H3. The fourth-order valence-corrected chi connectivity index (χ4v) is 3.82. The lowest BCUT2D eigenvalue weighted by molar-refractivity contribution is 0.0307. The summed E-state index contributed by atoms with van der Waals surface area (Å²) >= 11 is 0. The Balaban J connectivity index is 2.09. The molecular weight excluding hydrogens is 216 g/mol. The van der Waals surface area contributed by atoms with Crippen LogP contribution in [0, 0.1) is 23.7 Å². The molecule has 0 amide bonds. The van der Waals surface area contributed by atoms with Crippen molar-refractivity contribution in [3.8, 4) is 0 Å². The zero-order valence-corrected chi connectivity index (χ0v) is 10.1. The SMILES string of the molecule is CC(N=C=O)C1CC2CCC1C(CN=C=O)C2. The van der Waals surface area contributed by atoms with Crippen LogP contribution in [-0.4, -0.2) is 24.7 Å². The maximum absolute atomic E-state index is 10.4. The Morgan fingerprint density at radius 2 is 2.06 bits per heavy atom. The molecule has 3 saturated carbocycles. The maximum Gasteiger partial charge on any atom is 0.235 e. The highest BCUT2D eigenvalue weighted by molar-refractivity contribution is 5.34. The van der Waals surface area contributed by atoms with E-state index >= 15 is 0 Å². The van der Waals surface area contributed by atoms with Crippen molar-refractivity contribution >= 4 is 12.2 Å². The van der Waals surface area contributed by atoms with Gasteiger partial charge in [-0.05, 0) is 49.9 Å². The number of fused-ring (bicyclic) bond motifs is 3. The van der Waals surface area contributed by atoms with E-state index in [2.05, 4.69) is 9.98 Å². The summed E-state index contributed by atoms with van der Waals surface area (Å²) in [4.78, 5) is 28.2. The van der Waals surface area contributed by atoms with Crippen molar-refractivity contribution in [2.45, 2.75) is 38.6 Å². The lowest BCUT2D eigenvalue weighted by Crippen LogP contribution is -2.43. The van der Waals surface area contributed by atoms with Crippen LogP contribution < -0.4 is 0 Å². The van der Waals surface area contributed by atoms with Gasteiger partial charge in [0.05, 0.1) is 12.6 Å². The Bertz CT molecular complexity index is 370. The summed E-state index contributed by atoms with van der Waals surface area (Å²) in [6.45, 7) is 2.59. The van der Waals surface area contributed by atoms with Crippen molar-refractivity contribution in [1.29, 1.82) is 0 Å². The topological polar surface area (TPSA) is 58.9 Å². The molecular formula is C13H18N2O2. The van der Waals surface area contributed by atoms with E-state index in [0.717, 1.165) is 12.3 Å². The smallest absolute Gasteiger partial charge is 0.211 e. The molecule has 5 unspecified atom stereocenters. The number of carbonyl (C=O) groups excluding carboxylic acids is 2. The van der Waals surface area contributed by atoms with Crippen LogP contribution in [-0.2, 0) is 9.59 Å². The third-order valence-corrected chi connectivity index (χ3v) is 4.57. The van der Waals surface area contributed by atoms with Crippen LogP contribution in [0.5, 0.6) is 0 Å². The van der Waals surface area contributed by atoms with Crippen molar-refractivity contribution in [3.63, 3.8) is 0 Å². The van der Waals surface area contributed by atoms with Crippen molar-refractivity contribution < 1.29 is 9.59 Å². The molecule has 0 spiro atoms. The van der Waals surface area contributed by atoms with E-state index in [1.165, 1.54) is 19.3 Å². The first-order chi connectivity index (χ1) is 8.26. The van der Waals surface area contributed by atoms with Crippen LogP contribution in [0.15, 0.2) is 9.98 Å². The van der Waals surface area contributed by atoms with Crippen LogP contribution in [0.4, 0.5) is 0 Å². The van der Waals surface area contributed by atoms with Gasteiger partial charge in [-0.2, -0.15) is 0 Å². The first-order valence-electron chi connectivity index (χ1n) is 6.36. The van der Waals surface area contributed by atoms with Gasteiger partial charge in [-0.15, -0.1) is 0 Å². The molecule has 2 bridgehead atoms. The average Bonchev–Trinajstić information content (AvgIpc) is 2.37. The summed E-state index contributed by atoms with van der Waals surface area (Å²) in [6.07, 6.45) is 8.11. The van der Waals surface area contributed by atoms with E-state index in [4.69, 9.17) is 0 Å². The molecule has 4 nitrogen and oxygen atoms in total. The Labute approximate surface area is 101 Å². The highest BCUT2D eigenvalue weighted by Crippen LogP contribution is 2.50. The number of hydrogen-bond donors (Lipinski definition) is 0. The summed E-state index contributed by atoms with van der Waals surface area (Å²) in [5.41, 5.74) is 0. The molecule has 92 valence electrons. The van der Waals surface area contributed by atoms with E-state index in [0.29, 0.717) is 24.3 Å². The van der Waals surface area contributed by atoms with E-state index in [1.54, 1.807) is 12.2 Å². The molecule has 0 aromatic heterocycles. The minimum absolute atomic E-state index is 0.0586. The summed E-state index contributed by atoms with van der Waals surface area (Å²) in [5, 5.41) is 0. The van der Waals surface area contributed by atoms with Gasteiger partial charge in [-0.3, -0.25) is 0 Å². The molecule has 4 heteroatoms. The summed E-state index contributed by atoms with van der Waals surface area (Å²) < 4.78 is 0. The normalized spacial score (nSPS) is 36.8. The minimum atomic E-state index is 0.0586. The Morgan fingerprint density at radius 3 is 2.71 bits per heavy atom. The van der Waals surface area contributed by atoms with Gasteiger partial charge in [0.15, 0.2) is 0 Å². The van der Waals surface area contributed by atoms with Crippen molar-refractivity contribution in [1.82, 2.24) is 0 Å². The third kappa shape index (κ3) is 2.54. The molecule has 5 atom stereocenters. The van der Waals surface area contributed by atoms with Gasteiger partial charge in [-0.1, -0.05) is 6.42 Å². The molecule has 0 aliphatic heterocycles. The van der Waals surface area contributed by atoms with Gasteiger partial charge in [0.1, 0.15) is 0 Å². The van der Waals surface area contributed by atoms with Gasteiger partial charge in [0.25, 0.3) is 0 Å². The number of rotatable bonds is 4. The summed E-state index contributed by atoms with van der Waals surface area (Å²) in [7, 11) is 0. The van der Waals surface area contributed by atoms with Crippen LogP contribution >= 0.6 is 0 Å². The Kier molecular flexibility index (Phi) is 3.88. The van der Waals surface area contributed by atoms with E-state index < -0.39 is 0 Å². The number of isocyanates is 2. The predicted octanol–water partition coefficient (Wildman–Crippen LogP) is 2.10. The quantitative estimate of drug-likeness (QED) is 0.552. The second kappa shape index (κ2) is 5.39. The molecule has 3 aliphatic rings. The zero-order chi connectivity index (χ0) is 12.3. The summed E-state index contributed by atoms with van der Waals surface area (Å²) in [6, 6.07) is 0.0586. The highest BCUT2D eigenvalue weighted by Gasteiger charge is 2.43. The second-order valence-electron chi connectivity index (χ2n) is 5.40. The van der Waals surface area contributed by atoms with Crippen molar-refractivity contribution in [3.05, 3.63) is 0 Å². The molecule has 0 heterocycles. The molecule has 0 radical (unpaired) electrons. The molecule has 17 heavy (non-hydrogen) atoms. The zero-order valence-electron chi connectivity index (χ0n) is 10.1.